The van der Waals surface area contributed by atoms with Gasteiger partial charge in [-0.15, -0.1) is 0 Å². The lowest BCUT2D eigenvalue weighted by molar-refractivity contribution is -0.146. The summed E-state index contributed by atoms with van der Waals surface area (Å²) in [5, 5.41) is 0.0144. The molecule has 0 spiro atoms. The minimum absolute atomic E-state index is 0.0144. The highest BCUT2D eigenvalue weighted by atomic mass is 32.2. The van der Waals surface area contributed by atoms with E-state index in [1.807, 2.05) is 0 Å². The minimum atomic E-state index is -3.62. The molecule has 2 rings (SSSR count). The maximum absolute atomic E-state index is 12.4. The zero-order valence-corrected chi connectivity index (χ0v) is 11.8. The second kappa shape index (κ2) is 5.30. The number of rotatable bonds is 3. The molecular formula is C11H17N3O4S. The third-order valence-electron chi connectivity index (χ3n) is 3.20. The van der Waals surface area contributed by atoms with Gasteiger partial charge in [0, 0.05) is 26.3 Å². The fourth-order valence-corrected chi connectivity index (χ4v) is 3.66. The average Bonchev–Trinajstić information content (AvgIpc) is 2.85. The van der Waals surface area contributed by atoms with E-state index in [2.05, 4.69) is 9.72 Å². The average molecular weight is 287 g/mol. The van der Waals surface area contributed by atoms with Crippen LogP contribution in [0.2, 0.25) is 0 Å². The number of esters is 1. The lowest BCUT2D eigenvalue weighted by atomic mass is 10.0. The molecule has 106 valence electrons. The van der Waals surface area contributed by atoms with E-state index < -0.39 is 15.9 Å². The highest BCUT2D eigenvalue weighted by Gasteiger charge is 2.34. The Balaban J connectivity index is 2.19. The predicted octanol–water partition coefficient (Wildman–Crippen LogP) is -0.00620. The summed E-state index contributed by atoms with van der Waals surface area (Å²) >= 11 is 0. The number of sulfonamides is 1. The zero-order chi connectivity index (χ0) is 14.0. The minimum Gasteiger partial charge on any atom is -0.469 e. The van der Waals surface area contributed by atoms with Crippen LogP contribution in [0.3, 0.4) is 0 Å². The third-order valence-corrected chi connectivity index (χ3v) is 4.95. The lowest BCUT2D eigenvalue weighted by Crippen LogP contribution is -2.42. The van der Waals surface area contributed by atoms with Gasteiger partial charge in [0.25, 0.3) is 10.0 Å². The number of methoxy groups -OCH3 is 1. The number of nitrogens with zero attached hydrogens (tertiary/aromatic N) is 3. The second-order valence-corrected chi connectivity index (χ2v) is 6.49. The Morgan fingerprint density at radius 2 is 2.26 bits per heavy atom. The molecule has 1 saturated heterocycles. The molecule has 0 unspecified atom stereocenters. The van der Waals surface area contributed by atoms with Crippen molar-refractivity contribution in [2.45, 2.75) is 17.9 Å². The molecule has 0 aromatic carbocycles. The summed E-state index contributed by atoms with van der Waals surface area (Å²) in [7, 11) is -0.600. The Labute approximate surface area is 112 Å². The zero-order valence-electron chi connectivity index (χ0n) is 10.9. The Morgan fingerprint density at radius 1 is 1.53 bits per heavy atom. The largest absolute Gasteiger partial charge is 0.469 e. The number of piperidine rings is 1. The Hall–Kier alpha value is -1.41. The van der Waals surface area contributed by atoms with E-state index in [9.17, 15) is 13.2 Å². The molecule has 0 saturated carbocycles. The Bertz CT molecular complexity index is 566. The maximum Gasteiger partial charge on any atom is 0.309 e. The van der Waals surface area contributed by atoms with Gasteiger partial charge in [-0.05, 0) is 12.8 Å². The van der Waals surface area contributed by atoms with Crippen molar-refractivity contribution in [3.8, 4) is 0 Å². The van der Waals surface area contributed by atoms with Gasteiger partial charge in [0.2, 0.25) is 0 Å². The molecule has 0 N–H and O–H groups in total. The summed E-state index contributed by atoms with van der Waals surface area (Å²) in [6, 6.07) is 0. The van der Waals surface area contributed by atoms with Crippen molar-refractivity contribution in [3.05, 3.63) is 12.5 Å². The van der Waals surface area contributed by atoms with E-state index in [4.69, 9.17) is 0 Å². The summed E-state index contributed by atoms with van der Waals surface area (Å²) in [6.07, 6.45) is 4.19. The van der Waals surface area contributed by atoms with E-state index in [0.29, 0.717) is 19.4 Å². The molecule has 19 heavy (non-hydrogen) atoms. The summed E-state index contributed by atoms with van der Waals surface area (Å²) < 4.78 is 32.3. The monoisotopic (exact) mass is 287 g/mol. The van der Waals surface area contributed by atoms with Gasteiger partial charge in [-0.25, -0.2) is 13.4 Å². The number of imidazole rings is 1. The van der Waals surface area contributed by atoms with Gasteiger partial charge in [0.15, 0.2) is 5.03 Å². The van der Waals surface area contributed by atoms with Crippen LogP contribution in [-0.4, -0.2) is 48.4 Å². The molecule has 1 aromatic heterocycles. The third kappa shape index (κ3) is 2.79. The first-order chi connectivity index (χ1) is 8.95. The number of carbonyl (C=O) groups excluding carboxylic acids is 1. The first kappa shape index (κ1) is 14.0. The molecular weight excluding hydrogens is 270 g/mol. The van der Waals surface area contributed by atoms with Gasteiger partial charge >= 0.3 is 5.97 Å². The van der Waals surface area contributed by atoms with Crippen LogP contribution in [0.25, 0.3) is 0 Å². The topological polar surface area (TPSA) is 81.5 Å². The number of hydrogen-bond donors (Lipinski definition) is 0. The van der Waals surface area contributed by atoms with E-state index in [-0.39, 0.29) is 17.5 Å². The van der Waals surface area contributed by atoms with Gasteiger partial charge in [0.05, 0.1) is 19.4 Å². The quantitative estimate of drug-likeness (QED) is 0.731. The molecule has 1 aliphatic rings. The first-order valence-electron chi connectivity index (χ1n) is 6.01. The summed E-state index contributed by atoms with van der Waals surface area (Å²) in [5.41, 5.74) is 0. The van der Waals surface area contributed by atoms with Gasteiger partial charge in [-0.2, -0.15) is 4.31 Å². The summed E-state index contributed by atoms with van der Waals surface area (Å²) in [6.45, 7) is 0.567. The van der Waals surface area contributed by atoms with Crippen LogP contribution in [-0.2, 0) is 26.6 Å². The van der Waals surface area contributed by atoms with E-state index in [1.54, 1.807) is 11.6 Å². The number of aryl methyl sites for hydroxylation is 1. The molecule has 0 aliphatic carbocycles. The molecule has 0 amide bonds. The van der Waals surface area contributed by atoms with E-state index in [0.717, 1.165) is 0 Å². The van der Waals surface area contributed by atoms with E-state index in [1.165, 1.54) is 23.9 Å². The molecule has 1 aliphatic heterocycles. The van der Waals surface area contributed by atoms with Crippen LogP contribution in [0.4, 0.5) is 0 Å². The van der Waals surface area contributed by atoms with Crippen LogP contribution >= 0.6 is 0 Å². The first-order valence-corrected chi connectivity index (χ1v) is 7.45. The van der Waals surface area contributed by atoms with Gasteiger partial charge < -0.3 is 9.30 Å². The molecule has 1 atom stereocenters. The Kier molecular flexibility index (Phi) is 3.91. The van der Waals surface area contributed by atoms with Crippen LogP contribution < -0.4 is 0 Å². The van der Waals surface area contributed by atoms with Crippen molar-refractivity contribution < 1.29 is 17.9 Å². The van der Waals surface area contributed by atoms with Gasteiger partial charge in [0.1, 0.15) is 0 Å². The fourth-order valence-electron chi connectivity index (χ4n) is 2.17. The molecule has 0 bridgehead atoms. The number of ether oxygens (including phenoxy) is 1. The normalized spacial score (nSPS) is 21.3. The van der Waals surface area contributed by atoms with Gasteiger partial charge in [-0.3, -0.25) is 4.79 Å². The fraction of sp³-hybridized carbons (Fsp3) is 0.636. The van der Waals surface area contributed by atoms with Crippen molar-refractivity contribution in [2.24, 2.45) is 13.0 Å². The summed E-state index contributed by atoms with van der Waals surface area (Å²) in [4.78, 5) is 15.4. The van der Waals surface area contributed by atoms with Gasteiger partial charge in [-0.1, -0.05) is 0 Å². The van der Waals surface area contributed by atoms with Crippen LogP contribution in [0.15, 0.2) is 17.6 Å². The smallest absolute Gasteiger partial charge is 0.309 e. The van der Waals surface area contributed by atoms with Crippen LogP contribution in [0.1, 0.15) is 12.8 Å². The molecule has 8 heteroatoms. The van der Waals surface area contributed by atoms with Crippen LogP contribution in [0.5, 0.6) is 0 Å². The molecule has 7 nitrogen and oxygen atoms in total. The van der Waals surface area contributed by atoms with Crippen molar-refractivity contribution in [3.63, 3.8) is 0 Å². The molecule has 1 aromatic rings. The Morgan fingerprint density at radius 3 is 2.84 bits per heavy atom. The highest BCUT2D eigenvalue weighted by Crippen LogP contribution is 2.23. The lowest BCUT2D eigenvalue weighted by Gasteiger charge is -2.29. The van der Waals surface area contributed by atoms with E-state index >= 15 is 0 Å². The maximum atomic E-state index is 12.4. The number of aromatic nitrogens is 2. The van der Waals surface area contributed by atoms with Crippen molar-refractivity contribution in [2.75, 3.05) is 20.2 Å². The number of carbonyl (C=O) groups is 1. The molecule has 2 heterocycles. The molecule has 0 radical (unpaired) electrons. The predicted molar refractivity (Wildman–Crippen MR) is 66.7 cm³/mol. The summed E-state index contributed by atoms with van der Waals surface area (Å²) in [5.74, 6) is -0.752. The second-order valence-electron chi connectivity index (χ2n) is 4.60. The van der Waals surface area contributed by atoms with Crippen molar-refractivity contribution >= 4 is 16.0 Å². The van der Waals surface area contributed by atoms with Crippen molar-refractivity contribution in [1.29, 1.82) is 0 Å². The standard InChI is InChI=1S/C11H17N3O4S/c1-13-7-10(12-8-13)19(16,17)14-5-3-4-9(6-14)11(15)18-2/h7-9H,3-6H2,1-2H3/t9-/m0/s1. The highest BCUT2D eigenvalue weighted by molar-refractivity contribution is 7.89. The van der Waals surface area contributed by atoms with Crippen LogP contribution in [0, 0.1) is 5.92 Å². The SMILES string of the molecule is COC(=O)[C@H]1CCCN(S(=O)(=O)c2cn(C)cn2)C1. The molecule has 1 fully saturated rings. The van der Waals surface area contributed by atoms with Crippen molar-refractivity contribution in [1.82, 2.24) is 13.9 Å². The number of hydrogen-bond acceptors (Lipinski definition) is 5.